The van der Waals surface area contributed by atoms with E-state index >= 15 is 0 Å². The maximum Gasteiger partial charge on any atom is 0.0932 e. The van der Waals surface area contributed by atoms with Gasteiger partial charge in [-0.05, 0) is 24.6 Å². The number of hydrogen-bond acceptors (Lipinski definition) is 2. The quantitative estimate of drug-likeness (QED) is 0.648. The van der Waals surface area contributed by atoms with Crippen molar-refractivity contribution in [2.45, 2.75) is 34.6 Å². The number of benzene rings is 1. The lowest BCUT2D eigenvalue weighted by molar-refractivity contribution is 1.07. The molecule has 1 aromatic carbocycles. The number of hydrogen-bond donors (Lipinski definition) is 0. The molecule has 0 atom stereocenters. The number of aromatic nitrogens is 2. The Hall–Kier alpha value is -1.44. The molecule has 2 nitrogen and oxygen atoms in total. The average Bonchev–Trinajstić information content (AvgIpc) is 2.34. The molecule has 2 aromatic rings. The lowest BCUT2D eigenvalue weighted by Crippen LogP contribution is -1.82. The van der Waals surface area contributed by atoms with E-state index in [4.69, 9.17) is 0 Å². The fourth-order valence-electron chi connectivity index (χ4n) is 1.09. The molecule has 0 aliphatic rings. The van der Waals surface area contributed by atoms with Gasteiger partial charge < -0.3 is 0 Å². The van der Waals surface area contributed by atoms with Crippen LogP contribution in [0, 0.1) is 6.92 Å². The van der Waals surface area contributed by atoms with Crippen molar-refractivity contribution in [1.29, 1.82) is 0 Å². The summed E-state index contributed by atoms with van der Waals surface area (Å²) in [5, 5.41) is 8.94. The van der Waals surface area contributed by atoms with Gasteiger partial charge in [-0.15, -0.1) is 0 Å². The monoisotopic (exact) mass is 204 g/mol. The molecule has 0 saturated heterocycles. The largest absolute Gasteiger partial charge is 0.159 e. The second-order valence-electron chi connectivity index (χ2n) is 2.59. The molecule has 0 amide bonds. The van der Waals surface area contributed by atoms with E-state index in [0.29, 0.717) is 0 Å². The summed E-state index contributed by atoms with van der Waals surface area (Å²) >= 11 is 0. The predicted octanol–water partition coefficient (Wildman–Crippen LogP) is 3.99. The summed E-state index contributed by atoms with van der Waals surface area (Å²) in [7, 11) is 0. The summed E-state index contributed by atoms with van der Waals surface area (Å²) in [5.41, 5.74) is 2.19. The van der Waals surface area contributed by atoms with Crippen LogP contribution in [-0.4, -0.2) is 10.2 Å². The molecule has 0 N–H and O–H groups in total. The minimum Gasteiger partial charge on any atom is -0.159 e. The Morgan fingerprint density at radius 1 is 0.933 bits per heavy atom. The van der Waals surface area contributed by atoms with Crippen molar-refractivity contribution in [3.63, 3.8) is 0 Å². The van der Waals surface area contributed by atoms with Gasteiger partial charge in [0.15, 0.2) is 0 Å². The molecule has 1 aromatic heterocycles. The van der Waals surface area contributed by atoms with E-state index in [-0.39, 0.29) is 0 Å². The highest BCUT2D eigenvalue weighted by atomic mass is 15.1. The summed E-state index contributed by atoms with van der Waals surface area (Å²) in [4.78, 5) is 0. The highest BCUT2D eigenvalue weighted by molar-refractivity contribution is 5.78. The lowest BCUT2D eigenvalue weighted by atomic mass is 10.2. The first-order valence-corrected chi connectivity index (χ1v) is 5.54. The average molecular weight is 204 g/mol. The van der Waals surface area contributed by atoms with E-state index in [9.17, 15) is 0 Å². The first-order chi connectivity index (χ1) is 7.36. The normalized spacial score (nSPS) is 8.33. The van der Waals surface area contributed by atoms with Crippen LogP contribution in [0.25, 0.3) is 10.9 Å². The van der Waals surface area contributed by atoms with Crippen LogP contribution < -0.4 is 0 Å². The second-order valence-corrected chi connectivity index (χ2v) is 2.59. The molecule has 82 valence electrons. The minimum atomic E-state index is 0.965. The summed E-state index contributed by atoms with van der Waals surface area (Å²) in [6.07, 6.45) is 1.71. The van der Waals surface area contributed by atoms with Gasteiger partial charge in [0.2, 0.25) is 0 Å². The second kappa shape index (κ2) is 7.92. The van der Waals surface area contributed by atoms with Crippen LogP contribution in [0.1, 0.15) is 33.3 Å². The van der Waals surface area contributed by atoms with Crippen molar-refractivity contribution in [2.75, 3.05) is 0 Å². The van der Waals surface area contributed by atoms with E-state index < -0.39 is 0 Å². The van der Waals surface area contributed by atoms with Gasteiger partial charge in [-0.3, -0.25) is 0 Å². The van der Waals surface area contributed by atoms with Gasteiger partial charge in [-0.2, -0.15) is 10.2 Å². The molecule has 0 bridgehead atoms. The molecule has 0 radical (unpaired) electrons. The van der Waals surface area contributed by atoms with Crippen LogP contribution in [0.15, 0.2) is 30.5 Å². The Balaban J connectivity index is 0.000000442. The van der Waals surface area contributed by atoms with E-state index in [1.165, 1.54) is 5.56 Å². The fraction of sp³-hybridized carbons (Fsp3) is 0.385. The topological polar surface area (TPSA) is 25.8 Å². The van der Waals surface area contributed by atoms with E-state index in [2.05, 4.69) is 22.3 Å². The van der Waals surface area contributed by atoms with Crippen molar-refractivity contribution >= 4 is 10.9 Å². The maximum atomic E-state index is 3.99. The molecule has 0 aliphatic heterocycles. The molecule has 0 fully saturated rings. The molecule has 0 saturated carbocycles. The van der Waals surface area contributed by atoms with Crippen LogP contribution in [-0.2, 0) is 0 Å². The third-order valence-corrected chi connectivity index (χ3v) is 1.67. The lowest BCUT2D eigenvalue weighted by Gasteiger charge is -1.94. The van der Waals surface area contributed by atoms with Crippen molar-refractivity contribution in [2.24, 2.45) is 0 Å². The standard InChI is InChI=1S/C9H8N2.2C2H6/c1-7-2-3-8-4-5-10-11-9(8)6-7;2*1-2/h2-6H,1H3;2*1-2H3. The molecular formula is C13H20N2. The maximum absolute atomic E-state index is 3.99. The van der Waals surface area contributed by atoms with Crippen molar-refractivity contribution in [3.8, 4) is 0 Å². The van der Waals surface area contributed by atoms with Gasteiger partial charge in [0.1, 0.15) is 0 Å². The summed E-state index contributed by atoms with van der Waals surface area (Å²) in [6, 6.07) is 8.12. The Kier molecular flexibility index (Phi) is 7.16. The first-order valence-electron chi connectivity index (χ1n) is 5.54. The molecule has 1 heterocycles. The summed E-state index contributed by atoms with van der Waals surface area (Å²) < 4.78 is 0. The minimum absolute atomic E-state index is 0.965. The zero-order valence-electron chi connectivity index (χ0n) is 10.3. The number of rotatable bonds is 0. The number of nitrogens with zero attached hydrogens (tertiary/aromatic N) is 2. The molecule has 0 aliphatic carbocycles. The fourth-order valence-corrected chi connectivity index (χ4v) is 1.09. The molecule has 2 heteroatoms. The van der Waals surface area contributed by atoms with Crippen LogP contribution in [0.5, 0.6) is 0 Å². The molecule has 0 spiro atoms. The van der Waals surface area contributed by atoms with Gasteiger partial charge in [-0.25, -0.2) is 0 Å². The van der Waals surface area contributed by atoms with Crippen LogP contribution in [0.4, 0.5) is 0 Å². The smallest absolute Gasteiger partial charge is 0.0932 e. The van der Waals surface area contributed by atoms with Gasteiger partial charge >= 0.3 is 0 Å². The summed E-state index contributed by atoms with van der Waals surface area (Å²) in [6.45, 7) is 10.0. The highest BCUT2D eigenvalue weighted by Crippen LogP contribution is 2.10. The van der Waals surface area contributed by atoms with Crippen molar-refractivity contribution in [1.82, 2.24) is 10.2 Å². The zero-order chi connectivity index (χ0) is 11.7. The van der Waals surface area contributed by atoms with Crippen molar-refractivity contribution in [3.05, 3.63) is 36.0 Å². The van der Waals surface area contributed by atoms with E-state index in [0.717, 1.165) is 10.9 Å². The molecule has 0 unspecified atom stereocenters. The number of fused-ring (bicyclic) bond motifs is 1. The number of aryl methyl sites for hydroxylation is 1. The van der Waals surface area contributed by atoms with Gasteiger partial charge in [0, 0.05) is 5.39 Å². The molecule has 2 rings (SSSR count). The van der Waals surface area contributed by atoms with Crippen LogP contribution >= 0.6 is 0 Å². The van der Waals surface area contributed by atoms with Crippen LogP contribution in [0.3, 0.4) is 0 Å². The molecule has 15 heavy (non-hydrogen) atoms. The first kappa shape index (κ1) is 13.6. The van der Waals surface area contributed by atoms with Crippen LogP contribution in [0.2, 0.25) is 0 Å². The zero-order valence-corrected chi connectivity index (χ0v) is 10.3. The SMILES string of the molecule is CC.CC.Cc1ccc2ccnnc2c1. The Labute approximate surface area is 92.4 Å². The highest BCUT2D eigenvalue weighted by Gasteiger charge is 1.91. The van der Waals surface area contributed by atoms with Gasteiger partial charge in [0.25, 0.3) is 0 Å². The van der Waals surface area contributed by atoms with Crippen molar-refractivity contribution < 1.29 is 0 Å². The molecular weight excluding hydrogens is 184 g/mol. The Bertz CT molecular complexity index is 383. The van der Waals surface area contributed by atoms with E-state index in [1.807, 2.05) is 46.8 Å². The van der Waals surface area contributed by atoms with Gasteiger partial charge in [0.05, 0.1) is 11.7 Å². The Morgan fingerprint density at radius 2 is 1.60 bits per heavy atom. The third-order valence-electron chi connectivity index (χ3n) is 1.67. The predicted molar refractivity (Wildman–Crippen MR) is 67.0 cm³/mol. The summed E-state index contributed by atoms with van der Waals surface area (Å²) in [5.74, 6) is 0. The Morgan fingerprint density at radius 3 is 2.27 bits per heavy atom. The van der Waals surface area contributed by atoms with Gasteiger partial charge in [-0.1, -0.05) is 39.8 Å². The third kappa shape index (κ3) is 4.07. The van der Waals surface area contributed by atoms with E-state index in [1.54, 1.807) is 6.20 Å².